The molecule has 194 valence electrons. The molecule has 2 fully saturated rings. The molecule has 0 radical (unpaired) electrons. The summed E-state index contributed by atoms with van der Waals surface area (Å²) in [5.74, 6) is 0.669. The molecular formula is C33H40N2O2. The topological polar surface area (TPSA) is 52.6 Å². The first-order chi connectivity index (χ1) is 17.9. The average Bonchev–Trinajstić information content (AvgIpc) is 2.92. The van der Waals surface area contributed by atoms with Crippen LogP contribution in [0.3, 0.4) is 0 Å². The third-order valence-electron chi connectivity index (χ3n) is 8.95. The minimum Gasteiger partial charge on any atom is -0.508 e. The van der Waals surface area contributed by atoms with Gasteiger partial charge in [-0.25, -0.2) is 0 Å². The molecule has 1 heterocycles. The number of phenols is 1. The molecule has 2 N–H and O–H groups in total. The second-order valence-electron chi connectivity index (χ2n) is 11.3. The van der Waals surface area contributed by atoms with Crippen LogP contribution in [0.15, 0.2) is 84.9 Å². The van der Waals surface area contributed by atoms with E-state index in [0.29, 0.717) is 17.7 Å². The van der Waals surface area contributed by atoms with Gasteiger partial charge in [-0.15, -0.1) is 0 Å². The van der Waals surface area contributed by atoms with Crippen molar-refractivity contribution in [1.82, 2.24) is 10.2 Å². The fraction of sp³-hybridized carbons (Fsp3) is 0.424. The van der Waals surface area contributed by atoms with Crippen molar-refractivity contribution in [3.63, 3.8) is 0 Å². The number of carbonyl (C=O) groups is 1. The minimum absolute atomic E-state index is 0.0501. The van der Waals surface area contributed by atoms with E-state index in [0.717, 1.165) is 50.8 Å². The summed E-state index contributed by atoms with van der Waals surface area (Å²) in [7, 11) is 0. The van der Waals surface area contributed by atoms with E-state index in [1.54, 1.807) is 6.07 Å². The predicted molar refractivity (Wildman–Crippen MR) is 150 cm³/mol. The van der Waals surface area contributed by atoms with Crippen molar-refractivity contribution >= 4 is 5.91 Å². The quantitative estimate of drug-likeness (QED) is 0.399. The SMILES string of the molecule is C[C@@H](C(=O)N[C@@H]1C[C@@H]2C[C@](c3cccc(O)c3)(C1)[C@@H](C)CN2CCCc1ccccc1)c1ccccc1. The van der Waals surface area contributed by atoms with Gasteiger partial charge in [0.15, 0.2) is 0 Å². The molecule has 2 aliphatic rings. The Labute approximate surface area is 221 Å². The maximum absolute atomic E-state index is 13.4. The van der Waals surface area contributed by atoms with Gasteiger partial charge in [0.1, 0.15) is 5.75 Å². The lowest BCUT2D eigenvalue weighted by Crippen LogP contribution is -2.61. The standard InChI is InChI=1S/C33H40N2O2/c1-24-23-35(18-10-13-26-11-5-3-6-12-26)30-20-29(34-32(37)25(2)27-14-7-4-8-15-27)21-33(24,22-30)28-16-9-17-31(36)19-28/h3-9,11-12,14-17,19,24-25,29-30,36H,10,13,18,20-23H2,1-2H3,(H,34,37)/t24-,25+,29+,30+,33+/m0/s1. The van der Waals surface area contributed by atoms with E-state index in [2.05, 4.69) is 53.5 Å². The summed E-state index contributed by atoms with van der Waals surface area (Å²) >= 11 is 0. The lowest BCUT2D eigenvalue weighted by Gasteiger charge is -2.56. The van der Waals surface area contributed by atoms with Crippen LogP contribution in [0, 0.1) is 5.92 Å². The van der Waals surface area contributed by atoms with Crippen LogP contribution in [0.2, 0.25) is 0 Å². The van der Waals surface area contributed by atoms with Crippen molar-refractivity contribution in [2.24, 2.45) is 5.92 Å². The summed E-state index contributed by atoms with van der Waals surface area (Å²) in [6.45, 7) is 6.48. The largest absolute Gasteiger partial charge is 0.508 e. The molecule has 1 saturated carbocycles. The monoisotopic (exact) mass is 496 g/mol. The molecule has 4 heteroatoms. The summed E-state index contributed by atoms with van der Waals surface area (Å²) in [6, 6.07) is 29.2. The Kier molecular flexibility index (Phi) is 7.66. The van der Waals surface area contributed by atoms with Gasteiger partial charge in [0.2, 0.25) is 5.91 Å². The number of piperidine rings is 1. The molecule has 1 aliphatic heterocycles. The van der Waals surface area contributed by atoms with Crippen LogP contribution in [-0.4, -0.2) is 41.1 Å². The Morgan fingerprint density at radius 1 is 1.03 bits per heavy atom. The van der Waals surface area contributed by atoms with Crippen molar-refractivity contribution in [1.29, 1.82) is 0 Å². The van der Waals surface area contributed by atoms with Crippen LogP contribution < -0.4 is 5.32 Å². The van der Waals surface area contributed by atoms with E-state index in [9.17, 15) is 9.90 Å². The number of carbonyl (C=O) groups excluding carboxylic acids is 1. The van der Waals surface area contributed by atoms with Gasteiger partial charge < -0.3 is 10.4 Å². The lowest BCUT2D eigenvalue weighted by molar-refractivity contribution is -0.124. The number of hydrogen-bond donors (Lipinski definition) is 2. The summed E-state index contributed by atoms with van der Waals surface area (Å²) < 4.78 is 0. The van der Waals surface area contributed by atoms with Gasteiger partial charge in [0.25, 0.3) is 0 Å². The van der Waals surface area contributed by atoms with Gasteiger partial charge >= 0.3 is 0 Å². The Hall–Kier alpha value is -3.11. The number of benzene rings is 3. The van der Waals surface area contributed by atoms with Crippen molar-refractivity contribution in [2.75, 3.05) is 13.1 Å². The minimum atomic E-state index is -0.181. The Bertz CT molecular complexity index is 1180. The van der Waals surface area contributed by atoms with Gasteiger partial charge in [-0.1, -0.05) is 79.7 Å². The van der Waals surface area contributed by atoms with Crippen LogP contribution in [0.25, 0.3) is 0 Å². The van der Waals surface area contributed by atoms with Crippen LogP contribution in [0.1, 0.15) is 62.1 Å². The molecule has 1 saturated heterocycles. The summed E-state index contributed by atoms with van der Waals surface area (Å²) in [4.78, 5) is 16.0. The molecule has 5 rings (SSSR count). The maximum Gasteiger partial charge on any atom is 0.227 e. The molecular weight excluding hydrogens is 456 g/mol. The Morgan fingerprint density at radius 3 is 2.49 bits per heavy atom. The van der Waals surface area contributed by atoms with E-state index in [-0.39, 0.29) is 23.3 Å². The van der Waals surface area contributed by atoms with Gasteiger partial charge in [-0.3, -0.25) is 9.69 Å². The molecule has 2 bridgehead atoms. The average molecular weight is 497 g/mol. The van der Waals surface area contributed by atoms with Crippen molar-refractivity contribution < 1.29 is 9.90 Å². The van der Waals surface area contributed by atoms with E-state index >= 15 is 0 Å². The molecule has 3 aromatic rings. The first kappa shape index (κ1) is 25.5. The smallest absolute Gasteiger partial charge is 0.227 e. The number of nitrogens with zero attached hydrogens (tertiary/aromatic N) is 1. The van der Waals surface area contributed by atoms with Gasteiger partial charge in [0.05, 0.1) is 5.92 Å². The predicted octanol–water partition coefficient (Wildman–Crippen LogP) is 6.06. The number of likely N-dealkylation sites (tertiary alicyclic amines) is 1. The number of aryl methyl sites for hydroxylation is 1. The number of fused-ring (bicyclic) bond motifs is 2. The summed E-state index contributed by atoms with van der Waals surface area (Å²) in [6.07, 6.45) is 5.19. The van der Waals surface area contributed by atoms with Crippen molar-refractivity contribution in [2.45, 2.75) is 69.4 Å². The number of phenolic OH excluding ortho intramolecular Hbond substituents is 1. The molecule has 0 aromatic heterocycles. The van der Waals surface area contributed by atoms with E-state index in [1.807, 2.05) is 49.4 Å². The van der Waals surface area contributed by atoms with Crippen LogP contribution in [-0.2, 0) is 16.6 Å². The highest BCUT2D eigenvalue weighted by atomic mass is 16.3. The van der Waals surface area contributed by atoms with Gasteiger partial charge in [-0.05, 0) is 80.3 Å². The molecule has 3 aromatic carbocycles. The highest BCUT2D eigenvalue weighted by molar-refractivity contribution is 5.83. The van der Waals surface area contributed by atoms with Crippen molar-refractivity contribution in [3.8, 4) is 5.75 Å². The molecule has 0 unspecified atom stereocenters. The zero-order chi connectivity index (χ0) is 25.8. The highest BCUT2D eigenvalue weighted by Gasteiger charge is 2.51. The third kappa shape index (κ3) is 5.60. The molecule has 5 atom stereocenters. The Morgan fingerprint density at radius 2 is 1.76 bits per heavy atom. The van der Waals surface area contributed by atoms with Crippen molar-refractivity contribution in [3.05, 3.63) is 102 Å². The molecule has 4 nitrogen and oxygen atoms in total. The number of hydrogen-bond acceptors (Lipinski definition) is 3. The van der Waals surface area contributed by atoms with Crippen LogP contribution >= 0.6 is 0 Å². The van der Waals surface area contributed by atoms with E-state index in [4.69, 9.17) is 0 Å². The van der Waals surface area contributed by atoms with E-state index in [1.165, 1.54) is 11.1 Å². The molecule has 1 amide bonds. The zero-order valence-electron chi connectivity index (χ0n) is 22.1. The van der Waals surface area contributed by atoms with Gasteiger partial charge in [0, 0.05) is 24.0 Å². The lowest BCUT2D eigenvalue weighted by atomic mass is 9.57. The fourth-order valence-electron chi connectivity index (χ4n) is 6.86. The highest BCUT2D eigenvalue weighted by Crippen LogP contribution is 2.50. The first-order valence-corrected chi connectivity index (χ1v) is 13.9. The normalized spacial score (nSPS) is 26.4. The van der Waals surface area contributed by atoms with E-state index < -0.39 is 0 Å². The summed E-state index contributed by atoms with van der Waals surface area (Å²) in [5, 5.41) is 13.8. The molecule has 0 spiro atoms. The number of aromatic hydroxyl groups is 1. The molecule has 1 aliphatic carbocycles. The number of rotatable bonds is 8. The maximum atomic E-state index is 13.4. The van der Waals surface area contributed by atoms with Crippen LogP contribution in [0.5, 0.6) is 5.75 Å². The molecule has 37 heavy (non-hydrogen) atoms. The van der Waals surface area contributed by atoms with Crippen LogP contribution in [0.4, 0.5) is 0 Å². The summed E-state index contributed by atoms with van der Waals surface area (Å²) in [5.41, 5.74) is 3.61. The fourth-order valence-corrected chi connectivity index (χ4v) is 6.86. The number of amides is 1. The third-order valence-corrected chi connectivity index (χ3v) is 8.95. The second-order valence-corrected chi connectivity index (χ2v) is 11.3. The zero-order valence-corrected chi connectivity index (χ0v) is 22.1. The first-order valence-electron chi connectivity index (χ1n) is 13.9. The second kappa shape index (κ2) is 11.1. The van der Waals surface area contributed by atoms with Gasteiger partial charge in [-0.2, -0.15) is 0 Å². The Balaban J connectivity index is 1.35. The number of nitrogens with one attached hydrogen (secondary N) is 1.